The van der Waals surface area contributed by atoms with Gasteiger partial charge in [0.05, 0.1) is 6.10 Å². The highest BCUT2D eigenvalue weighted by molar-refractivity contribution is 4.87. The molecule has 0 aromatic rings. The van der Waals surface area contributed by atoms with Gasteiger partial charge in [-0.3, -0.25) is 0 Å². The summed E-state index contributed by atoms with van der Waals surface area (Å²) in [7, 11) is 0. The average Bonchev–Trinajstić information content (AvgIpc) is 2.97. The summed E-state index contributed by atoms with van der Waals surface area (Å²) in [6, 6.07) is 0.585. The minimum atomic E-state index is -0.120. The first-order chi connectivity index (χ1) is 9.72. The number of aliphatic hydroxyl groups excluding tert-OH is 1. The molecule has 3 atom stereocenters. The standard InChI is InChI=1S/C17H34N2O/c1-3-9-19-12-15(17(20)4-2)10-16(13-19)18-11-14-7-5-6-8-14/h14-18,20H,3-13H2,1-2H3. The lowest BCUT2D eigenvalue weighted by Crippen LogP contribution is -2.52. The van der Waals surface area contributed by atoms with E-state index in [1.54, 1.807) is 0 Å². The minimum Gasteiger partial charge on any atom is -0.393 e. The van der Waals surface area contributed by atoms with Crippen molar-refractivity contribution in [2.45, 2.75) is 70.9 Å². The molecule has 1 heterocycles. The molecule has 0 radical (unpaired) electrons. The van der Waals surface area contributed by atoms with Crippen LogP contribution in [0.3, 0.4) is 0 Å². The summed E-state index contributed by atoms with van der Waals surface area (Å²) in [5.41, 5.74) is 0. The average molecular weight is 282 g/mol. The van der Waals surface area contributed by atoms with Crippen molar-refractivity contribution in [1.29, 1.82) is 0 Å². The van der Waals surface area contributed by atoms with Gasteiger partial charge in [-0.05, 0) is 57.0 Å². The van der Waals surface area contributed by atoms with E-state index in [1.807, 2.05) is 0 Å². The first-order valence-corrected chi connectivity index (χ1v) is 8.86. The molecule has 0 spiro atoms. The van der Waals surface area contributed by atoms with Crippen LogP contribution in [0.5, 0.6) is 0 Å². The van der Waals surface area contributed by atoms with Crippen molar-refractivity contribution in [3.8, 4) is 0 Å². The van der Waals surface area contributed by atoms with E-state index in [2.05, 4.69) is 24.1 Å². The van der Waals surface area contributed by atoms with E-state index in [1.165, 1.54) is 51.7 Å². The van der Waals surface area contributed by atoms with Gasteiger partial charge in [0.15, 0.2) is 0 Å². The van der Waals surface area contributed by atoms with Crippen molar-refractivity contribution >= 4 is 0 Å². The predicted molar refractivity (Wildman–Crippen MR) is 84.9 cm³/mol. The number of likely N-dealkylation sites (tertiary alicyclic amines) is 1. The van der Waals surface area contributed by atoms with Crippen LogP contribution in [-0.4, -0.2) is 48.3 Å². The number of rotatable bonds is 7. The van der Waals surface area contributed by atoms with Crippen LogP contribution in [0, 0.1) is 11.8 Å². The number of nitrogens with one attached hydrogen (secondary N) is 1. The zero-order valence-electron chi connectivity index (χ0n) is 13.5. The molecule has 118 valence electrons. The summed E-state index contributed by atoms with van der Waals surface area (Å²) >= 11 is 0. The normalized spacial score (nSPS) is 30.8. The van der Waals surface area contributed by atoms with E-state index in [9.17, 15) is 5.11 Å². The Morgan fingerprint density at radius 2 is 1.95 bits per heavy atom. The lowest BCUT2D eigenvalue weighted by Gasteiger charge is -2.40. The van der Waals surface area contributed by atoms with Crippen molar-refractivity contribution in [2.75, 3.05) is 26.2 Å². The fraction of sp³-hybridized carbons (Fsp3) is 1.00. The third kappa shape index (κ3) is 4.71. The van der Waals surface area contributed by atoms with E-state index in [-0.39, 0.29) is 6.10 Å². The van der Waals surface area contributed by atoms with Gasteiger partial charge in [0, 0.05) is 19.1 Å². The summed E-state index contributed by atoms with van der Waals surface area (Å²) in [5.74, 6) is 1.37. The second-order valence-electron chi connectivity index (χ2n) is 6.99. The third-order valence-electron chi connectivity index (χ3n) is 5.23. The lowest BCUT2D eigenvalue weighted by molar-refractivity contribution is 0.0351. The molecule has 0 bridgehead atoms. The van der Waals surface area contributed by atoms with Gasteiger partial charge in [0.25, 0.3) is 0 Å². The van der Waals surface area contributed by atoms with Gasteiger partial charge in [0.1, 0.15) is 0 Å². The van der Waals surface area contributed by atoms with Gasteiger partial charge >= 0.3 is 0 Å². The number of nitrogens with zero attached hydrogens (tertiary/aromatic N) is 1. The number of piperidine rings is 1. The Morgan fingerprint density at radius 3 is 2.60 bits per heavy atom. The van der Waals surface area contributed by atoms with Gasteiger partial charge in [0.2, 0.25) is 0 Å². The molecule has 1 saturated heterocycles. The number of hydrogen-bond donors (Lipinski definition) is 2. The first kappa shape index (κ1) is 16.3. The molecule has 3 nitrogen and oxygen atoms in total. The van der Waals surface area contributed by atoms with Crippen LogP contribution >= 0.6 is 0 Å². The Hall–Kier alpha value is -0.120. The van der Waals surface area contributed by atoms with Gasteiger partial charge in [-0.2, -0.15) is 0 Å². The molecule has 3 unspecified atom stereocenters. The molecule has 1 aliphatic carbocycles. The highest BCUT2D eigenvalue weighted by Gasteiger charge is 2.30. The van der Waals surface area contributed by atoms with Gasteiger partial charge in [-0.25, -0.2) is 0 Å². The molecule has 2 N–H and O–H groups in total. The molecule has 2 aliphatic rings. The van der Waals surface area contributed by atoms with Crippen LogP contribution in [0.4, 0.5) is 0 Å². The summed E-state index contributed by atoms with van der Waals surface area (Å²) in [4.78, 5) is 2.55. The van der Waals surface area contributed by atoms with Crippen LogP contribution in [0.25, 0.3) is 0 Å². The maximum atomic E-state index is 10.2. The SMILES string of the molecule is CCCN1CC(NCC2CCCC2)CC(C(O)CC)C1. The predicted octanol–water partition coefficient (Wildman–Crippen LogP) is 2.64. The Bertz CT molecular complexity index is 266. The van der Waals surface area contributed by atoms with Crippen LogP contribution in [0.15, 0.2) is 0 Å². The van der Waals surface area contributed by atoms with Crippen LogP contribution in [0.1, 0.15) is 58.8 Å². The smallest absolute Gasteiger partial charge is 0.0578 e. The third-order valence-corrected chi connectivity index (χ3v) is 5.23. The molecule has 0 aromatic heterocycles. The fourth-order valence-corrected chi connectivity index (χ4v) is 4.04. The van der Waals surface area contributed by atoms with Gasteiger partial charge in [-0.15, -0.1) is 0 Å². The quantitative estimate of drug-likeness (QED) is 0.753. The fourth-order valence-electron chi connectivity index (χ4n) is 4.04. The molecule has 1 aliphatic heterocycles. The molecular formula is C17H34N2O. The van der Waals surface area contributed by atoms with Gasteiger partial charge < -0.3 is 15.3 Å². The summed E-state index contributed by atoms with van der Waals surface area (Å²) in [6.07, 6.45) is 8.82. The van der Waals surface area contributed by atoms with E-state index in [0.29, 0.717) is 12.0 Å². The van der Waals surface area contributed by atoms with Crippen molar-refractivity contribution in [2.24, 2.45) is 11.8 Å². The lowest BCUT2D eigenvalue weighted by atomic mass is 9.88. The van der Waals surface area contributed by atoms with E-state index in [4.69, 9.17) is 0 Å². The van der Waals surface area contributed by atoms with Crippen molar-refractivity contribution in [3.63, 3.8) is 0 Å². The zero-order chi connectivity index (χ0) is 14.4. The second kappa shape index (κ2) is 8.35. The van der Waals surface area contributed by atoms with Crippen LogP contribution in [-0.2, 0) is 0 Å². The van der Waals surface area contributed by atoms with E-state index < -0.39 is 0 Å². The highest BCUT2D eigenvalue weighted by atomic mass is 16.3. The van der Waals surface area contributed by atoms with E-state index >= 15 is 0 Å². The molecule has 1 saturated carbocycles. The van der Waals surface area contributed by atoms with Crippen molar-refractivity contribution in [1.82, 2.24) is 10.2 Å². The minimum absolute atomic E-state index is 0.120. The molecule has 20 heavy (non-hydrogen) atoms. The molecule has 0 amide bonds. The second-order valence-corrected chi connectivity index (χ2v) is 6.99. The Labute approximate surface area is 125 Å². The monoisotopic (exact) mass is 282 g/mol. The molecular weight excluding hydrogens is 248 g/mol. The summed E-state index contributed by atoms with van der Waals surface area (Å²) in [5, 5.41) is 14.0. The van der Waals surface area contributed by atoms with Crippen LogP contribution in [0.2, 0.25) is 0 Å². The first-order valence-electron chi connectivity index (χ1n) is 8.86. The Balaban J connectivity index is 1.82. The van der Waals surface area contributed by atoms with Crippen molar-refractivity contribution < 1.29 is 5.11 Å². The maximum absolute atomic E-state index is 10.2. The summed E-state index contributed by atoms with van der Waals surface area (Å²) in [6.45, 7) is 8.98. The highest BCUT2D eigenvalue weighted by Crippen LogP contribution is 2.26. The van der Waals surface area contributed by atoms with Gasteiger partial charge in [-0.1, -0.05) is 26.7 Å². The summed E-state index contributed by atoms with van der Waals surface area (Å²) < 4.78 is 0. The maximum Gasteiger partial charge on any atom is 0.0578 e. The molecule has 2 fully saturated rings. The Morgan fingerprint density at radius 1 is 1.20 bits per heavy atom. The molecule has 2 rings (SSSR count). The number of aliphatic hydroxyl groups is 1. The van der Waals surface area contributed by atoms with Crippen molar-refractivity contribution in [3.05, 3.63) is 0 Å². The largest absolute Gasteiger partial charge is 0.393 e. The molecule has 0 aromatic carbocycles. The van der Waals surface area contributed by atoms with Crippen LogP contribution < -0.4 is 5.32 Å². The molecule has 3 heteroatoms. The van der Waals surface area contributed by atoms with E-state index in [0.717, 1.165) is 25.3 Å². The number of hydrogen-bond acceptors (Lipinski definition) is 3. The zero-order valence-corrected chi connectivity index (χ0v) is 13.5. The Kier molecular flexibility index (Phi) is 6.79. The topological polar surface area (TPSA) is 35.5 Å².